The van der Waals surface area contributed by atoms with Crippen LogP contribution in [0.2, 0.25) is 5.02 Å². The maximum atomic E-state index is 5.81. The zero-order chi connectivity index (χ0) is 13.5. The van der Waals surface area contributed by atoms with Crippen LogP contribution in [0, 0.1) is 0 Å². The Morgan fingerprint density at radius 3 is 1.95 bits per heavy atom. The summed E-state index contributed by atoms with van der Waals surface area (Å²) in [5.41, 5.74) is 5.40. The van der Waals surface area contributed by atoms with E-state index >= 15 is 0 Å². The van der Waals surface area contributed by atoms with E-state index in [4.69, 9.17) is 26.8 Å². The number of rotatable bonds is 6. The average Bonchev–Trinajstić information content (AvgIpc) is 2.44. The molecule has 0 radical (unpaired) electrons. The standard InChI is InChI=1S/C15H16ClNO2/c16-12-2-4-14(5-3-12)19-15-8-6-13(7-9-15)18-11-1-10-17/h2-9H,1,10-11,17H2. The van der Waals surface area contributed by atoms with Crippen LogP contribution in [-0.2, 0) is 0 Å². The highest BCUT2D eigenvalue weighted by atomic mass is 35.5. The Bertz CT molecular complexity index is 497. The Hall–Kier alpha value is -1.71. The van der Waals surface area contributed by atoms with Crippen LogP contribution in [0.5, 0.6) is 17.2 Å². The van der Waals surface area contributed by atoms with Crippen molar-refractivity contribution in [3.8, 4) is 17.2 Å². The summed E-state index contributed by atoms with van der Waals surface area (Å²) < 4.78 is 11.2. The number of hydrogen-bond acceptors (Lipinski definition) is 3. The summed E-state index contributed by atoms with van der Waals surface area (Å²) in [5.74, 6) is 2.33. The molecule has 2 N–H and O–H groups in total. The lowest BCUT2D eigenvalue weighted by Gasteiger charge is -2.08. The molecular formula is C15H16ClNO2. The van der Waals surface area contributed by atoms with Crippen molar-refractivity contribution in [3.63, 3.8) is 0 Å². The van der Waals surface area contributed by atoms with E-state index < -0.39 is 0 Å². The fourth-order valence-electron chi connectivity index (χ4n) is 1.52. The van der Waals surface area contributed by atoms with Crippen LogP contribution in [0.15, 0.2) is 48.5 Å². The zero-order valence-corrected chi connectivity index (χ0v) is 11.3. The summed E-state index contributed by atoms with van der Waals surface area (Å²) in [6.45, 7) is 1.27. The van der Waals surface area contributed by atoms with Crippen molar-refractivity contribution in [1.29, 1.82) is 0 Å². The number of nitrogens with two attached hydrogens (primary N) is 1. The van der Waals surface area contributed by atoms with Crippen molar-refractivity contribution in [1.82, 2.24) is 0 Å². The minimum Gasteiger partial charge on any atom is -0.494 e. The maximum Gasteiger partial charge on any atom is 0.127 e. The third kappa shape index (κ3) is 4.47. The molecule has 0 atom stereocenters. The molecule has 2 rings (SSSR count). The van der Waals surface area contributed by atoms with Gasteiger partial charge in [-0.25, -0.2) is 0 Å². The molecule has 19 heavy (non-hydrogen) atoms. The fourth-order valence-corrected chi connectivity index (χ4v) is 1.64. The van der Waals surface area contributed by atoms with Crippen molar-refractivity contribution >= 4 is 11.6 Å². The molecule has 0 aromatic heterocycles. The molecule has 0 heterocycles. The third-order valence-corrected chi connectivity index (χ3v) is 2.74. The Morgan fingerprint density at radius 2 is 1.37 bits per heavy atom. The maximum absolute atomic E-state index is 5.81. The van der Waals surface area contributed by atoms with Gasteiger partial charge in [0.15, 0.2) is 0 Å². The molecule has 0 aliphatic rings. The van der Waals surface area contributed by atoms with E-state index in [0.717, 1.165) is 23.7 Å². The van der Waals surface area contributed by atoms with Gasteiger partial charge < -0.3 is 15.2 Å². The molecule has 0 saturated heterocycles. The van der Waals surface area contributed by atoms with Crippen LogP contribution in [0.25, 0.3) is 0 Å². The molecule has 2 aromatic carbocycles. The number of hydrogen-bond donors (Lipinski definition) is 1. The van der Waals surface area contributed by atoms with Gasteiger partial charge >= 0.3 is 0 Å². The molecule has 0 saturated carbocycles. The van der Waals surface area contributed by atoms with Gasteiger partial charge in [-0.05, 0) is 61.5 Å². The second kappa shape index (κ2) is 7.02. The lowest BCUT2D eigenvalue weighted by molar-refractivity contribution is 0.313. The van der Waals surface area contributed by atoms with Crippen LogP contribution in [0.1, 0.15) is 6.42 Å². The number of benzene rings is 2. The Morgan fingerprint density at radius 1 is 0.842 bits per heavy atom. The van der Waals surface area contributed by atoms with Crippen molar-refractivity contribution in [2.75, 3.05) is 13.2 Å². The predicted octanol–water partition coefficient (Wildman–Crippen LogP) is 3.86. The Balaban J connectivity index is 1.92. The first kappa shape index (κ1) is 13.7. The van der Waals surface area contributed by atoms with Gasteiger partial charge in [-0.1, -0.05) is 11.6 Å². The normalized spacial score (nSPS) is 10.2. The van der Waals surface area contributed by atoms with Crippen LogP contribution < -0.4 is 15.2 Å². The van der Waals surface area contributed by atoms with Crippen LogP contribution in [0.4, 0.5) is 0 Å². The quantitative estimate of drug-likeness (QED) is 0.816. The number of ether oxygens (including phenoxy) is 2. The Labute approximate surface area is 117 Å². The van der Waals surface area contributed by atoms with Gasteiger partial charge in [0.05, 0.1) is 6.61 Å². The van der Waals surface area contributed by atoms with Crippen LogP contribution >= 0.6 is 11.6 Å². The van der Waals surface area contributed by atoms with Crippen molar-refractivity contribution in [2.45, 2.75) is 6.42 Å². The van der Waals surface area contributed by atoms with E-state index in [2.05, 4.69) is 0 Å². The zero-order valence-electron chi connectivity index (χ0n) is 10.5. The summed E-state index contributed by atoms with van der Waals surface area (Å²) in [4.78, 5) is 0. The van der Waals surface area contributed by atoms with E-state index in [-0.39, 0.29) is 0 Å². The Kier molecular flexibility index (Phi) is 5.07. The van der Waals surface area contributed by atoms with Crippen molar-refractivity contribution in [2.24, 2.45) is 5.73 Å². The summed E-state index contributed by atoms with van der Waals surface area (Å²) in [5, 5.41) is 0.691. The van der Waals surface area contributed by atoms with Crippen molar-refractivity contribution in [3.05, 3.63) is 53.6 Å². The molecule has 0 fully saturated rings. The molecular weight excluding hydrogens is 262 g/mol. The average molecular weight is 278 g/mol. The third-order valence-electron chi connectivity index (χ3n) is 2.49. The lowest BCUT2D eigenvalue weighted by atomic mass is 10.3. The molecule has 2 aromatic rings. The van der Waals surface area contributed by atoms with E-state index in [1.807, 2.05) is 36.4 Å². The van der Waals surface area contributed by atoms with E-state index in [1.54, 1.807) is 12.1 Å². The lowest BCUT2D eigenvalue weighted by Crippen LogP contribution is -2.05. The van der Waals surface area contributed by atoms with Crippen LogP contribution in [0.3, 0.4) is 0 Å². The smallest absolute Gasteiger partial charge is 0.127 e. The topological polar surface area (TPSA) is 44.5 Å². The predicted molar refractivity (Wildman–Crippen MR) is 77.1 cm³/mol. The molecule has 0 amide bonds. The molecule has 0 spiro atoms. The van der Waals surface area contributed by atoms with Gasteiger partial charge in [-0.2, -0.15) is 0 Å². The first-order valence-corrected chi connectivity index (χ1v) is 6.52. The van der Waals surface area contributed by atoms with Gasteiger partial charge in [-0.3, -0.25) is 0 Å². The van der Waals surface area contributed by atoms with E-state index in [9.17, 15) is 0 Å². The first-order valence-electron chi connectivity index (χ1n) is 6.14. The highest BCUT2D eigenvalue weighted by Gasteiger charge is 1.99. The number of halogens is 1. The molecule has 0 aliphatic carbocycles. The highest BCUT2D eigenvalue weighted by molar-refractivity contribution is 6.30. The highest BCUT2D eigenvalue weighted by Crippen LogP contribution is 2.24. The molecule has 0 unspecified atom stereocenters. The second-order valence-corrected chi connectivity index (χ2v) is 4.45. The second-order valence-electron chi connectivity index (χ2n) is 4.02. The van der Waals surface area contributed by atoms with Gasteiger partial charge in [0.25, 0.3) is 0 Å². The first-order chi connectivity index (χ1) is 9.28. The molecule has 3 nitrogen and oxygen atoms in total. The van der Waals surface area contributed by atoms with E-state index in [1.165, 1.54) is 0 Å². The van der Waals surface area contributed by atoms with Crippen molar-refractivity contribution < 1.29 is 9.47 Å². The van der Waals surface area contributed by atoms with Crippen LogP contribution in [-0.4, -0.2) is 13.2 Å². The molecule has 0 bridgehead atoms. The molecule has 0 aliphatic heterocycles. The summed E-state index contributed by atoms with van der Waals surface area (Å²) >= 11 is 5.81. The minimum atomic E-state index is 0.633. The minimum absolute atomic E-state index is 0.633. The largest absolute Gasteiger partial charge is 0.494 e. The summed E-state index contributed by atoms with van der Waals surface area (Å²) in [6.07, 6.45) is 0.850. The SMILES string of the molecule is NCCCOc1ccc(Oc2ccc(Cl)cc2)cc1. The van der Waals surface area contributed by atoms with E-state index in [0.29, 0.717) is 18.2 Å². The monoisotopic (exact) mass is 277 g/mol. The fraction of sp³-hybridized carbons (Fsp3) is 0.200. The summed E-state index contributed by atoms with van der Waals surface area (Å²) in [6, 6.07) is 14.7. The van der Waals surface area contributed by atoms with Gasteiger partial charge in [-0.15, -0.1) is 0 Å². The molecule has 4 heteroatoms. The molecule has 100 valence electrons. The van der Waals surface area contributed by atoms with Gasteiger partial charge in [0.1, 0.15) is 17.2 Å². The van der Waals surface area contributed by atoms with Gasteiger partial charge in [0.2, 0.25) is 0 Å². The van der Waals surface area contributed by atoms with Gasteiger partial charge in [0, 0.05) is 5.02 Å². The summed E-state index contributed by atoms with van der Waals surface area (Å²) in [7, 11) is 0.